The van der Waals surface area contributed by atoms with Crippen molar-refractivity contribution < 1.29 is 0 Å². The Labute approximate surface area is 130 Å². The molecule has 0 saturated heterocycles. The van der Waals surface area contributed by atoms with E-state index in [0.717, 1.165) is 17.5 Å². The van der Waals surface area contributed by atoms with Crippen LogP contribution in [0.2, 0.25) is 5.02 Å². The quantitative estimate of drug-likeness (QED) is 0.597. The minimum absolute atomic E-state index is 0.384. The number of hydrogen-bond donors (Lipinski definition) is 1. The molecule has 0 aliphatic carbocycles. The maximum Gasteiger partial charge on any atom is 0.0456 e. The van der Waals surface area contributed by atoms with E-state index in [-0.39, 0.29) is 0 Å². The predicted octanol–water partition coefficient (Wildman–Crippen LogP) is 5.91. The lowest BCUT2D eigenvalue weighted by molar-refractivity contribution is 0.357. The van der Waals surface area contributed by atoms with Gasteiger partial charge in [-0.1, -0.05) is 70.2 Å². The number of halogens is 1. The summed E-state index contributed by atoms with van der Waals surface area (Å²) in [6.45, 7) is 9.82. The summed E-state index contributed by atoms with van der Waals surface area (Å²) in [5, 5.41) is 4.52. The van der Waals surface area contributed by atoms with Gasteiger partial charge in [0.15, 0.2) is 0 Å². The van der Waals surface area contributed by atoms with Gasteiger partial charge in [-0.15, -0.1) is 0 Å². The summed E-state index contributed by atoms with van der Waals surface area (Å²) in [4.78, 5) is 0. The van der Waals surface area contributed by atoms with E-state index < -0.39 is 0 Å². The zero-order valence-corrected chi connectivity index (χ0v) is 14.3. The minimum Gasteiger partial charge on any atom is -0.310 e. The van der Waals surface area contributed by atoms with Crippen LogP contribution < -0.4 is 5.32 Å². The van der Waals surface area contributed by atoms with Crippen molar-refractivity contribution in [3.8, 4) is 0 Å². The highest BCUT2D eigenvalue weighted by Gasteiger charge is 2.18. The Morgan fingerprint density at radius 3 is 2.50 bits per heavy atom. The highest BCUT2D eigenvalue weighted by atomic mass is 35.5. The minimum atomic E-state index is 0.384. The second kappa shape index (κ2) is 9.41. The summed E-state index contributed by atoms with van der Waals surface area (Å²) in [6, 6.07) is 6.82. The highest BCUT2D eigenvalue weighted by molar-refractivity contribution is 6.31. The van der Waals surface area contributed by atoms with Gasteiger partial charge in [0, 0.05) is 11.1 Å². The summed E-state index contributed by atoms with van der Waals surface area (Å²) >= 11 is 6.45. The van der Waals surface area contributed by atoms with Crippen LogP contribution >= 0.6 is 11.6 Å². The Balaban J connectivity index is 2.81. The lowest BCUT2D eigenvalue weighted by atomic mass is 9.89. The standard InChI is InChI=1S/C18H30ClN/c1-5-8-9-15(6-2)13-18(20-7-3)16-11-10-14(4)12-17(16)19/h10-12,15,18,20H,5-9,13H2,1-4H3. The second-order valence-electron chi connectivity index (χ2n) is 5.79. The van der Waals surface area contributed by atoms with Crippen molar-refractivity contribution in [2.75, 3.05) is 6.54 Å². The molecule has 0 aliphatic heterocycles. The third-order valence-corrected chi connectivity index (χ3v) is 4.42. The summed E-state index contributed by atoms with van der Waals surface area (Å²) < 4.78 is 0. The first kappa shape index (κ1) is 17.5. The van der Waals surface area contributed by atoms with Crippen LogP contribution in [0.5, 0.6) is 0 Å². The van der Waals surface area contributed by atoms with E-state index in [9.17, 15) is 0 Å². The maximum absolute atomic E-state index is 6.45. The van der Waals surface area contributed by atoms with Crippen molar-refractivity contribution in [3.05, 3.63) is 34.3 Å². The molecule has 0 fully saturated rings. The van der Waals surface area contributed by atoms with Crippen molar-refractivity contribution in [2.45, 2.75) is 65.8 Å². The maximum atomic E-state index is 6.45. The molecule has 1 aromatic carbocycles. The lowest BCUT2D eigenvalue weighted by Crippen LogP contribution is -2.24. The average Bonchev–Trinajstić information content (AvgIpc) is 2.42. The fourth-order valence-corrected chi connectivity index (χ4v) is 3.16. The van der Waals surface area contributed by atoms with Gasteiger partial charge in [0.25, 0.3) is 0 Å². The van der Waals surface area contributed by atoms with Crippen LogP contribution in [-0.2, 0) is 0 Å². The van der Waals surface area contributed by atoms with Crippen LogP contribution in [0.15, 0.2) is 18.2 Å². The molecule has 0 spiro atoms. The molecule has 1 aromatic rings. The molecule has 20 heavy (non-hydrogen) atoms. The number of nitrogens with one attached hydrogen (secondary N) is 1. The first-order valence-corrected chi connectivity index (χ1v) is 8.49. The second-order valence-corrected chi connectivity index (χ2v) is 6.19. The summed E-state index contributed by atoms with van der Waals surface area (Å²) in [7, 11) is 0. The van der Waals surface area contributed by atoms with Crippen LogP contribution in [0.4, 0.5) is 0 Å². The summed E-state index contributed by atoms with van der Waals surface area (Å²) in [5.41, 5.74) is 2.49. The molecule has 0 saturated carbocycles. The molecule has 114 valence electrons. The molecule has 2 atom stereocenters. The third kappa shape index (κ3) is 5.46. The van der Waals surface area contributed by atoms with Crippen molar-refractivity contribution in [2.24, 2.45) is 5.92 Å². The van der Waals surface area contributed by atoms with Gasteiger partial charge in [-0.3, -0.25) is 0 Å². The number of rotatable bonds is 9. The van der Waals surface area contributed by atoms with E-state index >= 15 is 0 Å². The molecule has 0 heterocycles. The number of benzene rings is 1. The van der Waals surface area contributed by atoms with Gasteiger partial charge in [-0.05, 0) is 43.0 Å². The van der Waals surface area contributed by atoms with Gasteiger partial charge in [0.1, 0.15) is 0 Å². The molecular formula is C18H30ClN. The van der Waals surface area contributed by atoms with Crippen molar-refractivity contribution in [1.82, 2.24) is 5.32 Å². The molecule has 0 bridgehead atoms. The van der Waals surface area contributed by atoms with Gasteiger partial charge < -0.3 is 5.32 Å². The molecule has 0 amide bonds. The van der Waals surface area contributed by atoms with E-state index in [1.165, 1.54) is 43.2 Å². The summed E-state index contributed by atoms with van der Waals surface area (Å²) in [5.74, 6) is 0.788. The third-order valence-electron chi connectivity index (χ3n) is 4.09. The highest BCUT2D eigenvalue weighted by Crippen LogP contribution is 2.31. The van der Waals surface area contributed by atoms with Crippen molar-refractivity contribution >= 4 is 11.6 Å². The fraction of sp³-hybridized carbons (Fsp3) is 0.667. The predicted molar refractivity (Wildman–Crippen MR) is 90.5 cm³/mol. The average molecular weight is 296 g/mol. The van der Waals surface area contributed by atoms with Crippen LogP contribution in [0, 0.1) is 12.8 Å². The molecule has 1 N–H and O–H groups in total. The topological polar surface area (TPSA) is 12.0 Å². The summed E-state index contributed by atoms with van der Waals surface area (Å²) in [6.07, 6.45) is 6.39. The van der Waals surface area contributed by atoms with Crippen LogP contribution in [-0.4, -0.2) is 6.54 Å². The lowest BCUT2D eigenvalue weighted by Gasteiger charge is -2.25. The smallest absolute Gasteiger partial charge is 0.0456 e. The largest absolute Gasteiger partial charge is 0.310 e. The van der Waals surface area contributed by atoms with Gasteiger partial charge in [0.05, 0.1) is 0 Å². The van der Waals surface area contributed by atoms with E-state index in [1.54, 1.807) is 0 Å². The van der Waals surface area contributed by atoms with Gasteiger partial charge in [0.2, 0.25) is 0 Å². The molecule has 2 heteroatoms. The monoisotopic (exact) mass is 295 g/mol. The van der Waals surface area contributed by atoms with Gasteiger partial charge in [-0.25, -0.2) is 0 Å². The first-order valence-electron chi connectivity index (χ1n) is 8.11. The van der Waals surface area contributed by atoms with Crippen LogP contribution in [0.3, 0.4) is 0 Å². The zero-order valence-electron chi connectivity index (χ0n) is 13.5. The Morgan fingerprint density at radius 1 is 1.20 bits per heavy atom. The van der Waals surface area contributed by atoms with Crippen LogP contribution in [0.1, 0.15) is 70.0 Å². The van der Waals surface area contributed by atoms with Crippen LogP contribution in [0.25, 0.3) is 0 Å². The fourth-order valence-electron chi connectivity index (χ4n) is 2.80. The Bertz CT molecular complexity index is 389. The zero-order chi connectivity index (χ0) is 15.0. The van der Waals surface area contributed by atoms with E-state index in [0.29, 0.717) is 6.04 Å². The normalized spacial score (nSPS) is 14.2. The number of hydrogen-bond acceptors (Lipinski definition) is 1. The SMILES string of the molecule is CCCCC(CC)CC(NCC)c1ccc(C)cc1Cl. The molecule has 0 aliphatic rings. The molecule has 1 nitrogen and oxygen atoms in total. The molecular weight excluding hydrogens is 266 g/mol. The molecule has 1 rings (SSSR count). The Hall–Kier alpha value is -0.530. The number of unbranched alkanes of at least 4 members (excludes halogenated alkanes) is 1. The van der Waals surface area contributed by atoms with Gasteiger partial charge in [-0.2, -0.15) is 0 Å². The Morgan fingerprint density at radius 2 is 1.95 bits per heavy atom. The first-order chi connectivity index (χ1) is 9.62. The van der Waals surface area contributed by atoms with E-state index in [2.05, 4.69) is 51.2 Å². The van der Waals surface area contributed by atoms with E-state index in [1.807, 2.05) is 0 Å². The molecule has 2 unspecified atom stereocenters. The molecule has 0 aromatic heterocycles. The van der Waals surface area contributed by atoms with Gasteiger partial charge >= 0.3 is 0 Å². The van der Waals surface area contributed by atoms with Crippen molar-refractivity contribution in [1.29, 1.82) is 0 Å². The van der Waals surface area contributed by atoms with E-state index in [4.69, 9.17) is 11.6 Å². The number of aryl methyl sites for hydroxylation is 1. The van der Waals surface area contributed by atoms with Crippen molar-refractivity contribution in [3.63, 3.8) is 0 Å². The molecule has 0 radical (unpaired) electrons. The Kier molecular flexibility index (Phi) is 8.25.